The van der Waals surface area contributed by atoms with Gasteiger partial charge in [-0.25, -0.2) is 14.5 Å². The van der Waals surface area contributed by atoms with Crippen LogP contribution < -0.4 is 0 Å². The molecule has 0 saturated carbocycles. The monoisotopic (exact) mass is 426 g/mol. The highest BCUT2D eigenvalue weighted by Gasteiger charge is 2.13. The second-order valence-corrected chi connectivity index (χ2v) is 7.76. The van der Waals surface area contributed by atoms with E-state index in [-0.39, 0.29) is 5.56 Å². The van der Waals surface area contributed by atoms with Crippen LogP contribution in [0.25, 0.3) is 11.1 Å². The Labute approximate surface area is 187 Å². The number of pyridine rings is 1. The van der Waals surface area contributed by atoms with Crippen LogP contribution in [0.15, 0.2) is 73.1 Å². The highest BCUT2D eigenvalue weighted by Crippen LogP contribution is 2.24. The predicted molar refractivity (Wildman–Crippen MR) is 124 cm³/mol. The lowest BCUT2D eigenvalue weighted by atomic mass is 10.0. The molecule has 2 heterocycles. The van der Waals surface area contributed by atoms with Gasteiger partial charge in [-0.05, 0) is 41.2 Å². The molecule has 162 valence electrons. The first kappa shape index (κ1) is 21.4. The van der Waals surface area contributed by atoms with Crippen molar-refractivity contribution in [3.63, 3.8) is 0 Å². The lowest BCUT2D eigenvalue weighted by Gasteiger charge is -2.08. The molecule has 6 heteroatoms. The summed E-state index contributed by atoms with van der Waals surface area (Å²) < 4.78 is 1.99. The predicted octanol–water partition coefficient (Wildman–Crippen LogP) is 4.82. The molecule has 2 aromatic heterocycles. The summed E-state index contributed by atoms with van der Waals surface area (Å²) >= 11 is 0. The van der Waals surface area contributed by atoms with E-state index in [1.54, 1.807) is 12.3 Å². The maximum Gasteiger partial charge on any atom is 0.337 e. The second kappa shape index (κ2) is 10.0. The Bertz CT molecular complexity index is 1180. The van der Waals surface area contributed by atoms with Crippen LogP contribution in [-0.4, -0.2) is 30.8 Å². The molecular formula is C26H26N4O2. The zero-order valence-corrected chi connectivity index (χ0v) is 18.1. The summed E-state index contributed by atoms with van der Waals surface area (Å²) in [5, 5.41) is 14.2. The number of carboxylic acid groups (broad SMARTS) is 1. The highest BCUT2D eigenvalue weighted by atomic mass is 16.4. The van der Waals surface area contributed by atoms with Crippen LogP contribution in [0.1, 0.15) is 46.5 Å². The van der Waals surface area contributed by atoms with Crippen LogP contribution >= 0.6 is 0 Å². The van der Waals surface area contributed by atoms with Crippen LogP contribution in [-0.2, 0) is 25.8 Å². The summed E-state index contributed by atoms with van der Waals surface area (Å²) in [5.41, 5.74) is 4.09. The normalized spacial score (nSPS) is 10.9. The number of aryl methyl sites for hydroxylation is 3. The number of nitrogens with zero attached hydrogens (tertiary/aromatic N) is 4. The lowest BCUT2D eigenvalue weighted by Crippen LogP contribution is -2.07. The van der Waals surface area contributed by atoms with E-state index >= 15 is 0 Å². The molecule has 32 heavy (non-hydrogen) atoms. The largest absolute Gasteiger partial charge is 0.478 e. The van der Waals surface area contributed by atoms with Crippen molar-refractivity contribution in [1.82, 2.24) is 19.7 Å². The summed E-state index contributed by atoms with van der Waals surface area (Å²) in [7, 11) is 0. The molecule has 0 aliphatic carbocycles. The Morgan fingerprint density at radius 2 is 1.72 bits per heavy atom. The Hall–Kier alpha value is -3.80. The van der Waals surface area contributed by atoms with Gasteiger partial charge in [0.25, 0.3) is 0 Å². The van der Waals surface area contributed by atoms with E-state index in [1.807, 2.05) is 35.0 Å². The van der Waals surface area contributed by atoms with Gasteiger partial charge in [0, 0.05) is 25.2 Å². The molecule has 0 bridgehead atoms. The fourth-order valence-corrected chi connectivity index (χ4v) is 3.75. The van der Waals surface area contributed by atoms with Crippen LogP contribution in [0.5, 0.6) is 0 Å². The summed E-state index contributed by atoms with van der Waals surface area (Å²) in [6.45, 7) is 2.78. The van der Waals surface area contributed by atoms with E-state index < -0.39 is 5.97 Å². The fraction of sp³-hybridized carbons (Fsp3) is 0.231. The number of hydrogen-bond acceptors (Lipinski definition) is 4. The third-order valence-electron chi connectivity index (χ3n) is 5.39. The van der Waals surface area contributed by atoms with Gasteiger partial charge in [-0.15, -0.1) is 0 Å². The number of aromatic nitrogens is 4. The molecule has 0 atom stereocenters. The minimum Gasteiger partial charge on any atom is -0.478 e. The Kier molecular flexibility index (Phi) is 6.70. The summed E-state index contributed by atoms with van der Waals surface area (Å²) in [6.07, 6.45) is 6.62. The van der Waals surface area contributed by atoms with Crippen molar-refractivity contribution in [1.29, 1.82) is 0 Å². The first-order valence-electron chi connectivity index (χ1n) is 10.9. The molecule has 0 aliphatic rings. The van der Waals surface area contributed by atoms with Gasteiger partial charge in [-0.3, -0.25) is 4.98 Å². The summed E-state index contributed by atoms with van der Waals surface area (Å²) in [6, 6.07) is 20.1. The van der Waals surface area contributed by atoms with Crippen molar-refractivity contribution < 1.29 is 9.90 Å². The molecule has 6 nitrogen and oxygen atoms in total. The minimum atomic E-state index is -0.980. The molecule has 4 rings (SSSR count). The Morgan fingerprint density at radius 1 is 0.938 bits per heavy atom. The van der Waals surface area contributed by atoms with Crippen LogP contribution in [0.3, 0.4) is 0 Å². The molecule has 2 aromatic carbocycles. The van der Waals surface area contributed by atoms with Crippen molar-refractivity contribution in [3.05, 3.63) is 101 Å². The third kappa shape index (κ3) is 5.09. The van der Waals surface area contributed by atoms with Crippen molar-refractivity contribution in [2.24, 2.45) is 0 Å². The van der Waals surface area contributed by atoms with Gasteiger partial charge >= 0.3 is 5.97 Å². The van der Waals surface area contributed by atoms with E-state index in [4.69, 9.17) is 10.1 Å². The van der Waals surface area contributed by atoms with Gasteiger partial charge < -0.3 is 5.11 Å². The number of rotatable bonds is 9. The highest BCUT2D eigenvalue weighted by molar-refractivity contribution is 5.95. The quantitative estimate of drug-likeness (QED) is 0.415. The molecule has 0 saturated heterocycles. The maximum absolute atomic E-state index is 11.5. The van der Waals surface area contributed by atoms with E-state index in [0.29, 0.717) is 12.1 Å². The zero-order chi connectivity index (χ0) is 22.3. The van der Waals surface area contributed by atoms with E-state index in [0.717, 1.165) is 48.5 Å². The standard InChI is InChI=1S/C26H26N4O2/c1-2-6-25-28-24(14-11-19-7-4-3-5-8-19)29-30(25)18-20-9-12-21(13-10-20)22-15-16-27-17-23(22)26(31)32/h3-5,7-10,12-13,15-17H,2,6,11,14,18H2,1H3,(H,31,32). The maximum atomic E-state index is 11.5. The van der Waals surface area contributed by atoms with Crippen molar-refractivity contribution in [2.45, 2.75) is 39.2 Å². The number of carbonyl (C=O) groups is 1. The van der Waals surface area contributed by atoms with Crippen LogP contribution in [0.4, 0.5) is 0 Å². The molecule has 0 fully saturated rings. The van der Waals surface area contributed by atoms with Gasteiger partial charge in [-0.2, -0.15) is 5.10 Å². The topological polar surface area (TPSA) is 80.9 Å². The molecule has 0 spiro atoms. The molecule has 0 amide bonds. The van der Waals surface area contributed by atoms with Gasteiger partial charge in [0.1, 0.15) is 5.82 Å². The van der Waals surface area contributed by atoms with Gasteiger partial charge in [-0.1, -0.05) is 61.5 Å². The summed E-state index contributed by atoms with van der Waals surface area (Å²) in [5.74, 6) is 0.894. The van der Waals surface area contributed by atoms with Gasteiger partial charge in [0.2, 0.25) is 0 Å². The van der Waals surface area contributed by atoms with E-state index in [9.17, 15) is 9.90 Å². The van der Waals surface area contributed by atoms with Crippen molar-refractivity contribution in [3.8, 4) is 11.1 Å². The lowest BCUT2D eigenvalue weighted by molar-refractivity contribution is 0.0697. The first-order valence-corrected chi connectivity index (χ1v) is 10.9. The Balaban J connectivity index is 1.51. The molecular weight excluding hydrogens is 400 g/mol. The number of aromatic carboxylic acids is 1. The number of benzene rings is 2. The first-order chi connectivity index (χ1) is 15.6. The van der Waals surface area contributed by atoms with Crippen LogP contribution in [0.2, 0.25) is 0 Å². The molecule has 4 aromatic rings. The smallest absolute Gasteiger partial charge is 0.337 e. The Morgan fingerprint density at radius 3 is 2.44 bits per heavy atom. The number of carboxylic acids is 1. The van der Waals surface area contributed by atoms with Gasteiger partial charge in [0.15, 0.2) is 5.82 Å². The average molecular weight is 427 g/mol. The van der Waals surface area contributed by atoms with Crippen molar-refractivity contribution in [2.75, 3.05) is 0 Å². The molecule has 0 radical (unpaired) electrons. The molecule has 1 N–H and O–H groups in total. The van der Waals surface area contributed by atoms with Gasteiger partial charge in [0.05, 0.1) is 12.1 Å². The third-order valence-corrected chi connectivity index (χ3v) is 5.39. The number of hydrogen-bond donors (Lipinski definition) is 1. The second-order valence-electron chi connectivity index (χ2n) is 7.76. The van der Waals surface area contributed by atoms with Crippen LogP contribution in [0, 0.1) is 0 Å². The van der Waals surface area contributed by atoms with E-state index in [2.05, 4.69) is 36.2 Å². The molecule has 0 unspecified atom stereocenters. The minimum absolute atomic E-state index is 0.199. The zero-order valence-electron chi connectivity index (χ0n) is 18.1. The average Bonchev–Trinajstić information content (AvgIpc) is 3.20. The fourth-order valence-electron chi connectivity index (χ4n) is 3.75. The summed E-state index contributed by atoms with van der Waals surface area (Å²) in [4.78, 5) is 20.2. The van der Waals surface area contributed by atoms with E-state index in [1.165, 1.54) is 11.8 Å². The molecule has 0 aliphatic heterocycles. The SMILES string of the molecule is CCCc1nc(CCc2ccccc2)nn1Cc1ccc(-c2ccncc2C(=O)O)cc1. The van der Waals surface area contributed by atoms with Crippen molar-refractivity contribution >= 4 is 5.97 Å².